The van der Waals surface area contributed by atoms with Gasteiger partial charge < -0.3 is 11.1 Å². The topological polar surface area (TPSA) is 97.0 Å². The fourth-order valence-electron chi connectivity index (χ4n) is 2.73. The van der Waals surface area contributed by atoms with Crippen LogP contribution >= 0.6 is 11.3 Å². The standard InChI is InChI=1S/C14H18N6OS/c1-9-7-18-14(22-9)19-13-12(16-4-5-17-13)10-3-2-6-20(10)8-11(15)21/h4-5,7,10H,2-3,6,8H2,1H3,(H2,15,21)(H,17,18,19). The summed E-state index contributed by atoms with van der Waals surface area (Å²) in [5.74, 6) is 0.374. The Morgan fingerprint density at radius 3 is 3.00 bits per heavy atom. The van der Waals surface area contributed by atoms with Crippen molar-refractivity contribution in [3.8, 4) is 0 Å². The van der Waals surface area contributed by atoms with Crippen LogP contribution in [0.2, 0.25) is 0 Å². The molecular weight excluding hydrogens is 300 g/mol. The number of nitrogens with one attached hydrogen (secondary N) is 1. The second kappa shape index (κ2) is 6.37. The van der Waals surface area contributed by atoms with Gasteiger partial charge in [-0.3, -0.25) is 14.7 Å². The summed E-state index contributed by atoms with van der Waals surface area (Å²) in [4.78, 5) is 27.6. The summed E-state index contributed by atoms with van der Waals surface area (Å²) in [6.07, 6.45) is 7.11. The molecule has 1 atom stereocenters. The first-order valence-corrected chi connectivity index (χ1v) is 7.98. The molecule has 8 heteroatoms. The van der Waals surface area contributed by atoms with Crippen molar-refractivity contribution < 1.29 is 4.79 Å². The van der Waals surface area contributed by atoms with Crippen LogP contribution in [0.15, 0.2) is 18.6 Å². The molecule has 1 aliphatic heterocycles. The predicted octanol–water partition coefficient (Wildman–Crippen LogP) is 1.61. The fourth-order valence-corrected chi connectivity index (χ4v) is 3.39. The van der Waals surface area contributed by atoms with Gasteiger partial charge in [0.1, 0.15) is 5.69 Å². The van der Waals surface area contributed by atoms with E-state index in [4.69, 9.17) is 5.73 Å². The highest BCUT2D eigenvalue weighted by Gasteiger charge is 2.30. The molecule has 0 radical (unpaired) electrons. The number of carbonyl (C=O) groups is 1. The van der Waals surface area contributed by atoms with Gasteiger partial charge in [-0.2, -0.15) is 0 Å². The lowest BCUT2D eigenvalue weighted by molar-refractivity contribution is -0.119. The number of nitrogens with zero attached hydrogens (tertiary/aromatic N) is 4. The van der Waals surface area contributed by atoms with Crippen molar-refractivity contribution in [3.63, 3.8) is 0 Å². The maximum atomic E-state index is 11.2. The third-order valence-electron chi connectivity index (χ3n) is 3.61. The van der Waals surface area contributed by atoms with Gasteiger partial charge in [0.2, 0.25) is 5.91 Å². The fraction of sp³-hybridized carbons (Fsp3) is 0.429. The summed E-state index contributed by atoms with van der Waals surface area (Å²) in [5.41, 5.74) is 6.18. The Kier molecular flexibility index (Phi) is 4.30. The number of hydrogen-bond acceptors (Lipinski definition) is 7. The van der Waals surface area contributed by atoms with Gasteiger partial charge in [-0.1, -0.05) is 0 Å². The summed E-state index contributed by atoms with van der Waals surface area (Å²) in [7, 11) is 0. The zero-order valence-corrected chi connectivity index (χ0v) is 13.1. The molecule has 0 spiro atoms. The lowest BCUT2D eigenvalue weighted by Gasteiger charge is -2.23. The van der Waals surface area contributed by atoms with E-state index in [-0.39, 0.29) is 18.5 Å². The van der Waals surface area contributed by atoms with Crippen LogP contribution in [0.1, 0.15) is 29.5 Å². The first-order valence-electron chi connectivity index (χ1n) is 7.16. The molecule has 3 N–H and O–H groups in total. The van der Waals surface area contributed by atoms with Crippen LogP contribution in [0.5, 0.6) is 0 Å². The summed E-state index contributed by atoms with van der Waals surface area (Å²) in [6.45, 7) is 3.10. The van der Waals surface area contributed by atoms with Crippen LogP contribution < -0.4 is 11.1 Å². The molecule has 0 bridgehead atoms. The van der Waals surface area contributed by atoms with Crippen molar-refractivity contribution in [3.05, 3.63) is 29.2 Å². The van der Waals surface area contributed by atoms with Gasteiger partial charge in [0.05, 0.1) is 12.6 Å². The summed E-state index contributed by atoms with van der Waals surface area (Å²) in [5, 5.41) is 4.03. The van der Waals surface area contributed by atoms with E-state index in [2.05, 4.69) is 25.2 Å². The second-order valence-electron chi connectivity index (χ2n) is 5.29. The Hall–Kier alpha value is -2.06. The highest BCUT2D eigenvalue weighted by Crippen LogP contribution is 2.34. The lowest BCUT2D eigenvalue weighted by Crippen LogP contribution is -2.34. The molecule has 1 fully saturated rings. The molecule has 1 saturated heterocycles. The van der Waals surface area contributed by atoms with Crippen molar-refractivity contribution >= 4 is 28.2 Å². The molecular formula is C14H18N6OS. The van der Waals surface area contributed by atoms with E-state index in [0.717, 1.165) is 35.1 Å². The van der Waals surface area contributed by atoms with Gasteiger partial charge in [0, 0.05) is 23.5 Å². The van der Waals surface area contributed by atoms with Gasteiger partial charge in [0.25, 0.3) is 0 Å². The second-order valence-corrected chi connectivity index (χ2v) is 6.52. The third-order valence-corrected chi connectivity index (χ3v) is 4.44. The van der Waals surface area contributed by atoms with E-state index in [9.17, 15) is 4.79 Å². The maximum absolute atomic E-state index is 11.2. The van der Waals surface area contributed by atoms with Crippen molar-refractivity contribution in [2.45, 2.75) is 25.8 Å². The van der Waals surface area contributed by atoms with Gasteiger partial charge >= 0.3 is 0 Å². The minimum atomic E-state index is -0.319. The number of anilines is 2. The van der Waals surface area contributed by atoms with Gasteiger partial charge in [-0.25, -0.2) is 9.97 Å². The number of hydrogen-bond donors (Lipinski definition) is 2. The molecule has 2 aromatic heterocycles. The van der Waals surface area contributed by atoms with Gasteiger partial charge in [-0.05, 0) is 26.3 Å². The number of rotatable bonds is 5. The molecule has 0 aromatic carbocycles. The van der Waals surface area contributed by atoms with Crippen LogP contribution in [0.4, 0.5) is 10.9 Å². The van der Waals surface area contributed by atoms with Crippen LogP contribution in [0.25, 0.3) is 0 Å². The maximum Gasteiger partial charge on any atom is 0.231 e. The minimum absolute atomic E-state index is 0.0600. The Labute approximate surface area is 132 Å². The highest BCUT2D eigenvalue weighted by atomic mass is 32.1. The third kappa shape index (κ3) is 3.23. The minimum Gasteiger partial charge on any atom is -0.369 e. The summed E-state index contributed by atoms with van der Waals surface area (Å²) < 4.78 is 0. The molecule has 1 unspecified atom stereocenters. The van der Waals surface area contributed by atoms with Crippen LogP contribution in [0.3, 0.4) is 0 Å². The first kappa shape index (κ1) is 14.9. The molecule has 1 amide bonds. The molecule has 0 aliphatic carbocycles. The first-order chi connectivity index (χ1) is 10.6. The number of aryl methyl sites for hydroxylation is 1. The zero-order chi connectivity index (χ0) is 15.5. The molecule has 3 heterocycles. The number of thiazole rings is 1. The van der Waals surface area contributed by atoms with E-state index in [0.29, 0.717) is 5.82 Å². The van der Waals surface area contributed by atoms with Crippen molar-refractivity contribution in [1.82, 2.24) is 19.9 Å². The number of nitrogens with two attached hydrogens (primary N) is 1. The number of likely N-dealkylation sites (tertiary alicyclic amines) is 1. The average molecular weight is 318 g/mol. The van der Waals surface area contributed by atoms with Gasteiger partial charge in [-0.15, -0.1) is 11.3 Å². The SMILES string of the molecule is Cc1cnc(Nc2nccnc2C2CCCN2CC(N)=O)s1. The highest BCUT2D eigenvalue weighted by molar-refractivity contribution is 7.15. The Morgan fingerprint density at radius 2 is 2.27 bits per heavy atom. The van der Waals surface area contributed by atoms with Crippen LogP contribution in [0, 0.1) is 6.92 Å². The van der Waals surface area contributed by atoms with E-state index in [1.807, 2.05) is 13.1 Å². The van der Waals surface area contributed by atoms with Crippen molar-refractivity contribution in [1.29, 1.82) is 0 Å². The van der Waals surface area contributed by atoms with E-state index >= 15 is 0 Å². The Balaban J connectivity index is 1.85. The van der Waals surface area contributed by atoms with E-state index in [1.165, 1.54) is 0 Å². The number of aromatic nitrogens is 3. The molecule has 7 nitrogen and oxygen atoms in total. The predicted molar refractivity (Wildman–Crippen MR) is 84.9 cm³/mol. The van der Waals surface area contributed by atoms with E-state index < -0.39 is 0 Å². The molecule has 0 saturated carbocycles. The van der Waals surface area contributed by atoms with E-state index in [1.54, 1.807) is 23.7 Å². The average Bonchev–Trinajstić information content (AvgIpc) is 3.08. The zero-order valence-electron chi connectivity index (χ0n) is 12.3. The summed E-state index contributed by atoms with van der Waals surface area (Å²) >= 11 is 1.57. The molecule has 22 heavy (non-hydrogen) atoms. The molecule has 1 aliphatic rings. The van der Waals surface area contributed by atoms with Crippen LogP contribution in [-0.4, -0.2) is 38.8 Å². The number of amides is 1. The smallest absolute Gasteiger partial charge is 0.231 e. The Bertz CT molecular complexity index is 673. The Morgan fingerprint density at radius 1 is 1.45 bits per heavy atom. The monoisotopic (exact) mass is 318 g/mol. The summed E-state index contributed by atoms with van der Waals surface area (Å²) in [6, 6.07) is 0.0600. The molecule has 3 rings (SSSR count). The normalized spacial score (nSPS) is 18.5. The van der Waals surface area contributed by atoms with Crippen molar-refractivity contribution in [2.75, 3.05) is 18.4 Å². The van der Waals surface area contributed by atoms with Crippen molar-refractivity contribution in [2.24, 2.45) is 5.73 Å². The number of carbonyl (C=O) groups excluding carboxylic acids is 1. The molecule has 116 valence electrons. The quantitative estimate of drug-likeness (QED) is 0.869. The van der Waals surface area contributed by atoms with Gasteiger partial charge in [0.15, 0.2) is 10.9 Å². The number of primary amides is 1. The molecule has 2 aromatic rings. The van der Waals surface area contributed by atoms with Crippen LogP contribution in [-0.2, 0) is 4.79 Å². The largest absolute Gasteiger partial charge is 0.369 e. The lowest BCUT2D eigenvalue weighted by atomic mass is 10.1.